The van der Waals surface area contributed by atoms with Crippen molar-refractivity contribution in [2.24, 2.45) is 0 Å². The number of hydrogen-bond donors (Lipinski definition) is 0. The van der Waals surface area contributed by atoms with Gasteiger partial charge in [0.05, 0.1) is 5.56 Å². The van der Waals surface area contributed by atoms with E-state index in [4.69, 9.17) is 4.74 Å². The fourth-order valence-electron chi connectivity index (χ4n) is 1.52. The molecule has 0 aliphatic carbocycles. The van der Waals surface area contributed by atoms with Gasteiger partial charge in [0, 0.05) is 6.07 Å². The summed E-state index contributed by atoms with van der Waals surface area (Å²) in [6.07, 6.45) is 0. The lowest BCUT2D eigenvalue weighted by molar-refractivity contribution is 0.0914. The van der Waals surface area contributed by atoms with Crippen LogP contribution in [0.25, 0.3) is 0 Å². The van der Waals surface area contributed by atoms with Crippen molar-refractivity contribution in [1.29, 1.82) is 0 Å². The quantitative estimate of drug-likeness (QED) is 0.634. The molecule has 2 nitrogen and oxygen atoms in total. The molecular formula is C14H8F4O2. The number of halogens is 4. The second kappa shape index (κ2) is 5.73. The van der Waals surface area contributed by atoms with Crippen LogP contribution in [0.15, 0.2) is 36.4 Å². The molecule has 0 aromatic heterocycles. The summed E-state index contributed by atoms with van der Waals surface area (Å²) in [7, 11) is 0. The molecule has 20 heavy (non-hydrogen) atoms. The highest BCUT2D eigenvalue weighted by Crippen LogP contribution is 2.18. The van der Waals surface area contributed by atoms with Crippen molar-refractivity contribution < 1.29 is 27.1 Å². The average Bonchev–Trinajstić information content (AvgIpc) is 2.40. The highest BCUT2D eigenvalue weighted by Gasteiger charge is 2.14. The molecule has 2 aromatic carbocycles. The van der Waals surface area contributed by atoms with E-state index < -0.39 is 41.2 Å². The van der Waals surface area contributed by atoms with Crippen molar-refractivity contribution >= 4 is 5.78 Å². The van der Waals surface area contributed by atoms with Crippen LogP contribution >= 0.6 is 0 Å². The van der Waals surface area contributed by atoms with Crippen molar-refractivity contribution in [3.63, 3.8) is 0 Å². The van der Waals surface area contributed by atoms with Crippen molar-refractivity contribution in [1.82, 2.24) is 0 Å². The van der Waals surface area contributed by atoms with Gasteiger partial charge < -0.3 is 4.74 Å². The van der Waals surface area contributed by atoms with Crippen LogP contribution in [0.4, 0.5) is 17.6 Å². The van der Waals surface area contributed by atoms with E-state index in [1.54, 1.807) is 0 Å². The molecule has 0 bridgehead atoms. The third kappa shape index (κ3) is 3.14. The van der Waals surface area contributed by atoms with Gasteiger partial charge in [0.25, 0.3) is 0 Å². The lowest BCUT2D eigenvalue weighted by atomic mass is 10.1. The lowest BCUT2D eigenvalue weighted by Crippen LogP contribution is -2.14. The van der Waals surface area contributed by atoms with Crippen LogP contribution in [0.1, 0.15) is 10.4 Å². The summed E-state index contributed by atoms with van der Waals surface area (Å²) >= 11 is 0. The van der Waals surface area contributed by atoms with Gasteiger partial charge in [-0.25, -0.2) is 17.6 Å². The molecule has 0 saturated heterocycles. The molecule has 0 fully saturated rings. The Hall–Kier alpha value is -2.37. The molecular weight excluding hydrogens is 276 g/mol. The van der Waals surface area contributed by atoms with Crippen LogP contribution in [0.2, 0.25) is 0 Å². The van der Waals surface area contributed by atoms with E-state index in [1.165, 1.54) is 0 Å². The summed E-state index contributed by atoms with van der Waals surface area (Å²) in [6.45, 7) is -0.692. The minimum absolute atomic E-state index is 0.350. The highest BCUT2D eigenvalue weighted by atomic mass is 19.1. The van der Waals surface area contributed by atoms with E-state index in [2.05, 4.69) is 0 Å². The maximum absolute atomic E-state index is 13.3. The molecule has 0 unspecified atom stereocenters. The summed E-state index contributed by atoms with van der Waals surface area (Å²) in [5, 5.41) is 0. The van der Waals surface area contributed by atoms with Gasteiger partial charge in [-0.15, -0.1) is 0 Å². The monoisotopic (exact) mass is 284 g/mol. The first kappa shape index (κ1) is 14.0. The summed E-state index contributed by atoms with van der Waals surface area (Å²) in [6, 6.07) is 4.93. The Morgan fingerprint density at radius 2 is 1.55 bits per heavy atom. The molecule has 104 valence electrons. The van der Waals surface area contributed by atoms with Gasteiger partial charge in [0.15, 0.2) is 18.2 Å². The Kier molecular flexibility index (Phi) is 4.02. The Morgan fingerprint density at radius 1 is 0.900 bits per heavy atom. The highest BCUT2D eigenvalue weighted by molar-refractivity contribution is 5.97. The number of Topliss-reactive ketones (excluding diaryl/α,β-unsaturated/α-hetero) is 1. The molecule has 0 atom stereocenters. The number of hydrogen-bond acceptors (Lipinski definition) is 2. The van der Waals surface area contributed by atoms with E-state index in [9.17, 15) is 22.4 Å². The lowest BCUT2D eigenvalue weighted by Gasteiger charge is -2.07. The summed E-state index contributed by atoms with van der Waals surface area (Å²) in [5.41, 5.74) is -0.493. The molecule has 0 aliphatic rings. The molecule has 2 aromatic rings. The van der Waals surface area contributed by atoms with Crippen LogP contribution in [0.5, 0.6) is 5.75 Å². The smallest absolute Gasteiger partial charge is 0.203 e. The van der Waals surface area contributed by atoms with E-state index in [-0.39, 0.29) is 5.75 Å². The first-order valence-electron chi connectivity index (χ1n) is 5.53. The zero-order valence-electron chi connectivity index (χ0n) is 10.00. The fraction of sp³-hybridized carbons (Fsp3) is 0.0714. The number of ketones is 1. The van der Waals surface area contributed by atoms with E-state index in [0.29, 0.717) is 6.07 Å². The van der Waals surface area contributed by atoms with Crippen molar-refractivity contribution in [2.75, 3.05) is 6.61 Å². The van der Waals surface area contributed by atoms with Crippen LogP contribution < -0.4 is 4.74 Å². The SMILES string of the molecule is O=C(COc1ccc(F)cc1F)c1cc(F)ccc1F. The molecule has 0 heterocycles. The van der Waals surface area contributed by atoms with E-state index >= 15 is 0 Å². The molecule has 2 rings (SSSR count). The molecule has 0 radical (unpaired) electrons. The predicted octanol–water partition coefficient (Wildman–Crippen LogP) is 3.50. The van der Waals surface area contributed by atoms with Crippen molar-refractivity contribution in [3.05, 3.63) is 65.2 Å². The first-order valence-corrected chi connectivity index (χ1v) is 5.53. The van der Waals surface area contributed by atoms with Gasteiger partial charge in [-0.2, -0.15) is 0 Å². The average molecular weight is 284 g/mol. The zero-order chi connectivity index (χ0) is 14.7. The van der Waals surface area contributed by atoms with Crippen LogP contribution in [-0.4, -0.2) is 12.4 Å². The standard InChI is InChI=1S/C14H8F4O2/c15-8-1-3-11(17)10(5-8)13(19)7-20-14-4-2-9(16)6-12(14)18/h1-6H,7H2. The van der Waals surface area contributed by atoms with Crippen LogP contribution in [0, 0.1) is 23.3 Å². The maximum Gasteiger partial charge on any atom is 0.203 e. The number of ether oxygens (including phenoxy) is 1. The van der Waals surface area contributed by atoms with Crippen LogP contribution in [0.3, 0.4) is 0 Å². The minimum atomic E-state index is -0.988. The first-order chi connectivity index (χ1) is 9.47. The van der Waals surface area contributed by atoms with Crippen LogP contribution in [-0.2, 0) is 0 Å². The van der Waals surface area contributed by atoms with E-state index in [1.807, 2.05) is 0 Å². The van der Waals surface area contributed by atoms with Gasteiger partial charge in [0.1, 0.15) is 17.5 Å². The third-order valence-electron chi connectivity index (χ3n) is 2.48. The minimum Gasteiger partial charge on any atom is -0.482 e. The van der Waals surface area contributed by atoms with Gasteiger partial charge in [-0.3, -0.25) is 4.79 Å². The molecule has 6 heteroatoms. The topological polar surface area (TPSA) is 26.3 Å². The zero-order valence-corrected chi connectivity index (χ0v) is 10.00. The number of carbonyl (C=O) groups is 1. The number of benzene rings is 2. The van der Waals surface area contributed by atoms with E-state index in [0.717, 1.165) is 30.3 Å². The normalized spacial score (nSPS) is 10.4. The van der Waals surface area contributed by atoms with Gasteiger partial charge in [-0.1, -0.05) is 0 Å². The Morgan fingerprint density at radius 3 is 2.25 bits per heavy atom. The number of rotatable bonds is 4. The Labute approximate surface area is 111 Å². The second-order valence-corrected chi connectivity index (χ2v) is 3.91. The Balaban J connectivity index is 2.10. The fourth-order valence-corrected chi connectivity index (χ4v) is 1.52. The molecule has 0 amide bonds. The largest absolute Gasteiger partial charge is 0.482 e. The summed E-state index contributed by atoms with van der Waals surface area (Å²) < 4.78 is 56.9. The molecule has 0 N–H and O–H groups in total. The summed E-state index contributed by atoms with van der Waals surface area (Å²) in [5.74, 6) is -4.67. The maximum atomic E-state index is 13.3. The van der Waals surface area contributed by atoms with Gasteiger partial charge >= 0.3 is 0 Å². The molecule has 0 aliphatic heterocycles. The second-order valence-electron chi connectivity index (χ2n) is 3.91. The molecule has 0 saturated carbocycles. The van der Waals surface area contributed by atoms with Crippen molar-refractivity contribution in [2.45, 2.75) is 0 Å². The summed E-state index contributed by atoms with van der Waals surface area (Å²) in [4.78, 5) is 11.6. The molecule has 0 spiro atoms. The Bertz CT molecular complexity index is 656. The van der Waals surface area contributed by atoms with Crippen molar-refractivity contribution in [3.8, 4) is 5.75 Å². The third-order valence-corrected chi connectivity index (χ3v) is 2.48. The van der Waals surface area contributed by atoms with Gasteiger partial charge in [-0.05, 0) is 30.3 Å². The predicted molar refractivity (Wildman–Crippen MR) is 62.5 cm³/mol. The number of carbonyl (C=O) groups excluding carboxylic acids is 1. The van der Waals surface area contributed by atoms with Gasteiger partial charge in [0.2, 0.25) is 5.78 Å².